The van der Waals surface area contributed by atoms with E-state index in [4.69, 9.17) is 0 Å². The third-order valence-electron chi connectivity index (χ3n) is 7.41. The van der Waals surface area contributed by atoms with E-state index >= 15 is 0 Å². The Balaban J connectivity index is 1.49. The van der Waals surface area contributed by atoms with Crippen LogP contribution in [0.4, 0.5) is 17.6 Å². The molecule has 0 saturated carbocycles. The van der Waals surface area contributed by atoms with Crippen LogP contribution in [0.2, 0.25) is 0 Å². The number of likely N-dealkylation sites (N-methyl/N-ethyl adjacent to an activating group) is 1. The van der Waals surface area contributed by atoms with Crippen LogP contribution in [-0.4, -0.2) is 58.9 Å². The van der Waals surface area contributed by atoms with Gasteiger partial charge < -0.3 is 9.67 Å². The maximum atomic E-state index is 13.8. The highest BCUT2D eigenvalue weighted by atomic mass is 19.4. The number of aliphatic hydroxyl groups is 1. The summed E-state index contributed by atoms with van der Waals surface area (Å²) in [5, 5.41) is 10.5. The number of aryl methyl sites for hydroxylation is 1. The molecule has 32 heavy (non-hydrogen) atoms. The van der Waals surface area contributed by atoms with Gasteiger partial charge in [0.15, 0.2) is 0 Å². The van der Waals surface area contributed by atoms with Gasteiger partial charge in [-0.05, 0) is 49.1 Å². The number of hydrogen-bond acceptors (Lipinski definition) is 3. The van der Waals surface area contributed by atoms with Gasteiger partial charge in [0.05, 0.1) is 0 Å². The summed E-state index contributed by atoms with van der Waals surface area (Å²) in [4.78, 5) is 15.0. The summed E-state index contributed by atoms with van der Waals surface area (Å²) in [6.07, 6.45) is -4.02. The summed E-state index contributed by atoms with van der Waals surface area (Å²) in [7, 11) is 1.93. The maximum absolute atomic E-state index is 13.8. The second-order valence-corrected chi connectivity index (χ2v) is 9.32. The zero-order chi connectivity index (χ0) is 22.8. The number of carbonyl (C=O) groups excluding carboxylic acids is 1. The van der Waals surface area contributed by atoms with Gasteiger partial charge in [0.1, 0.15) is 5.78 Å². The molecule has 1 aromatic heterocycles. The van der Waals surface area contributed by atoms with Gasteiger partial charge in [0, 0.05) is 60.6 Å². The number of benzene rings is 1. The summed E-state index contributed by atoms with van der Waals surface area (Å²) >= 11 is 0. The molecule has 1 N–H and O–H groups in total. The molecular weight excluding hydrogens is 424 g/mol. The quantitative estimate of drug-likeness (QED) is 0.703. The number of nitrogens with zero attached hydrogens (tertiary/aromatic N) is 2. The standard InChI is InChI=1S/C24H26F4N2O2/c1-29-11-13(21(32)9-14(12-31)23(25)24(26,27)28)8-16-15-4-2-5-19-22(15)17(10-20(16)29)18-6-3-7-30(18)19/h2,4-5,8,13-14,20,23,31H,3,6-7,9-12H2,1H3. The first-order valence-corrected chi connectivity index (χ1v) is 11.1. The van der Waals surface area contributed by atoms with Crippen molar-refractivity contribution < 1.29 is 27.5 Å². The first kappa shape index (κ1) is 21.6. The number of rotatable bonds is 5. The Hall–Kier alpha value is -2.19. The van der Waals surface area contributed by atoms with Gasteiger partial charge in [-0.1, -0.05) is 18.2 Å². The third-order valence-corrected chi connectivity index (χ3v) is 7.41. The summed E-state index contributed by atoms with van der Waals surface area (Å²) in [6, 6.07) is 6.29. The Morgan fingerprint density at radius 3 is 2.81 bits per heavy atom. The normalized spacial score (nSPS) is 24.8. The number of aliphatic hydroxyl groups excluding tert-OH is 1. The molecule has 3 heterocycles. The van der Waals surface area contributed by atoms with E-state index < -0.39 is 43.0 Å². The number of fused-ring (bicyclic) bond motifs is 5. The summed E-state index contributed by atoms with van der Waals surface area (Å²) in [6.45, 7) is 0.352. The minimum atomic E-state index is -5.09. The molecule has 5 rings (SSSR count). The van der Waals surface area contributed by atoms with Crippen molar-refractivity contribution in [1.82, 2.24) is 9.47 Å². The summed E-state index contributed by atoms with van der Waals surface area (Å²) < 4.78 is 54.5. The molecule has 0 bridgehead atoms. The van der Waals surface area contributed by atoms with Crippen molar-refractivity contribution in [2.24, 2.45) is 11.8 Å². The van der Waals surface area contributed by atoms with Gasteiger partial charge in [-0.3, -0.25) is 9.69 Å². The second-order valence-electron chi connectivity index (χ2n) is 9.32. The molecule has 0 fully saturated rings. The van der Waals surface area contributed by atoms with Crippen molar-refractivity contribution in [3.8, 4) is 0 Å². The zero-order valence-electron chi connectivity index (χ0n) is 17.8. The van der Waals surface area contributed by atoms with Gasteiger partial charge in [-0.25, -0.2) is 4.39 Å². The Labute approximate surface area is 183 Å². The monoisotopic (exact) mass is 450 g/mol. The minimum Gasteiger partial charge on any atom is -0.396 e. The van der Waals surface area contributed by atoms with Crippen molar-refractivity contribution in [2.45, 2.75) is 50.6 Å². The largest absolute Gasteiger partial charge is 0.420 e. The average molecular weight is 450 g/mol. The molecule has 0 radical (unpaired) electrons. The molecule has 4 nitrogen and oxygen atoms in total. The Bertz CT molecular complexity index is 1100. The molecule has 4 atom stereocenters. The molecule has 4 unspecified atom stereocenters. The molecule has 1 aliphatic carbocycles. The van der Waals surface area contributed by atoms with E-state index in [2.05, 4.69) is 21.6 Å². The van der Waals surface area contributed by atoms with Crippen LogP contribution >= 0.6 is 0 Å². The molecule has 0 amide bonds. The van der Waals surface area contributed by atoms with Crippen molar-refractivity contribution in [2.75, 3.05) is 20.2 Å². The predicted molar refractivity (Wildman–Crippen MR) is 113 cm³/mol. The molecule has 8 heteroatoms. The van der Waals surface area contributed by atoms with Crippen LogP contribution in [0, 0.1) is 11.8 Å². The van der Waals surface area contributed by atoms with E-state index in [1.807, 2.05) is 19.2 Å². The van der Waals surface area contributed by atoms with E-state index in [1.54, 1.807) is 0 Å². The summed E-state index contributed by atoms with van der Waals surface area (Å²) in [5.41, 5.74) is 6.07. The van der Waals surface area contributed by atoms with Gasteiger partial charge in [0.2, 0.25) is 6.17 Å². The van der Waals surface area contributed by atoms with Crippen molar-refractivity contribution >= 4 is 22.3 Å². The molecular formula is C24H26F4N2O2. The first-order chi connectivity index (χ1) is 15.2. The van der Waals surface area contributed by atoms with Gasteiger partial charge in [0.25, 0.3) is 0 Å². The average Bonchev–Trinajstić information content (AvgIpc) is 3.34. The molecule has 2 aliphatic heterocycles. The van der Waals surface area contributed by atoms with Crippen LogP contribution < -0.4 is 0 Å². The predicted octanol–water partition coefficient (Wildman–Crippen LogP) is 3.93. The highest BCUT2D eigenvalue weighted by Gasteiger charge is 2.46. The molecule has 2 aromatic rings. The highest BCUT2D eigenvalue weighted by molar-refractivity contribution is 6.00. The molecule has 0 saturated heterocycles. The van der Waals surface area contributed by atoms with Crippen LogP contribution in [0.15, 0.2) is 24.3 Å². The van der Waals surface area contributed by atoms with Crippen molar-refractivity contribution in [3.63, 3.8) is 0 Å². The Morgan fingerprint density at radius 2 is 2.09 bits per heavy atom. The Morgan fingerprint density at radius 1 is 1.31 bits per heavy atom. The van der Waals surface area contributed by atoms with Crippen molar-refractivity contribution in [1.29, 1.82) is 0 Å². The highest BCUT2D eigenvalue weighted by Crippen LogP contribution is 2.45. The molecule has 3 aliphatic rings. The topological polar surface area (TPSA) is 45.5 Å². The molecule has 172 valence electrons. The van der Waals surface area contributed by atoms with Gasteiger partial charge in [-0.2, -0.15) is 13.2 Å². The maximum Gasteiger partial charge on any atom is 0.420 e. The minimum absolute atomic E-state index is 0.0996. The fraction of sp³-hybridized carbons (Fsp3) is 0.542. The third kappa shape index (κ3) is 3.30. The Kier molecular flexibility index (Phi) is 5.21. The van der Waals surface area contributed by atoms with Crippen LogP contribution in [0.25, 0.3) is 16.5 Å². The lowest BCUT2D eigenvalue weighted by molar-refractivity contribution is -0.198. The lowest BCUT2D eigenvalue weighted by atomic mass is 9.77. The number of Topliss-reactive ketones (excluding diaryl/α,β-unsaturated/α-hetero) is 1. The van der Waals surface area contributed by atoms with Crippen molar-refractivity contribution in [3.05, 3.63) is 41.1 Å². The summed E-state index contributed by atoms with van der Waals surface area (Å²) in [5.74, 6) is -2.88. The van der Waals surface area contributed by atoms with Gasteiger partial charge in [-0.15, -0.1) is 0 Å². The number of hydrogen-bond donors (Lipinski definition) is 1. The molecule has 1 aromatic carbocycles. The fourth-order valence-electron chi connectivity index (χ4n) is 5.86. The number of carbonyl (C=O) groups is 1. The van der Waals surface area contributed by atoms with Crippen LogP contribution in [0.1, 0.15) is 29.7 Å². The SMILES string of the molecule is CN1CC(C(=O)CC(CO)C(F)C(F)(F)F)C=C2c3cccc4c3c(c3n4CCC3)CC21. The van der Waals surface area contributed by atoms with E-state index in [-0.39, 0.29) is 6.04 Å². The lowest BCUT2D eigenvalue weighted by Gasteiger charge is -2.40. The number of halogens is 4. The van der Waals surface area contributed by atoms with Crippen LogP contribution in [0.3, 0.4) is 0 Å². The van der Waals surface area contributed by atoms with Gasteiger partial charge >= 0.3 is 6.18 Å². The number of aromatic nitrogens is 1. The van der Waals surface area contributed by atoms with Crippen LogP contribution in [0.5, 0.6) is 0 Å². The molecule has 0 spiro atoms. The second kappa shape index (κ2) is 7.70. The first-order valence-electron chi connectivity index (χ1n) is 11.1. The smallest absolute Gasteiger partial charge is 0.396 e. The number of ketones is 1. The lowest BCUT2D eigenvalue weighted by Crippen LogP contribution is -2.45. The van der Waals surface area contributed by atoms with E-state index in [0.29, 0.717) is 6.54 Å². The van der Waals surface area contributed by atoms with E-state index in [9.17, 15) is 27.5 Å². The van der Waals surface area contributed by atoms with E-state index in [1.165, 1.54) is 22.2 Å². The van der Waals surface area contributed by atoms with E-state index in [0.717, 1.165) is 36.9 Å². The van der Waals surface area contributed by atoms with Crippen LogP contribution in [-0.2, 0) is 24.2 Å². The fourth-order valence-corrected chi connectivity index (χ4v) is 5.86. The zero-order valence-corrected chi connectivity index (χ0v) is 17.8. The number of alkyl halides is 4.